The van der Waals surface area contributed by atoms with Crippen LogP contribution in [0.1, 0.15) is 35.7 Å². The van der Waals surface area contributed by atoms with Gasteiger partial charge in [-0.1, -0.05) is 24.3 Å². The van der Waals surface area contributed by atoms with Crippen molar-refractivity contribution in [1.82, 2.24) is 14.5 Å². The molecule has 1 saturated heterocycles. The molecule has 0 spiro atoms. The molecule has 0 radical (unpaired) electrons. The minimum absolute atomic E-state index is 0.148. The van der Waals surface area contributed by atoms with Crippen molar-refractivity contribution in [3.63, 3.8) is 0 Å². The molecule has 3 amide bonds. The van der Waals surface area contributed by atoms with E-state index in [1.54, 1.807) is 24.3 Å². The molecule has 4 rings (SSSR count). The maximum absolute atomic E-state index is 12.6. The van der Waals surface area contributed by atoms with E-state index in [1.165, 1.54) is 4.90 Å². The Kier molecular flexibility index (Phi) is 4.65. The van der Waals surface area contributed by atoms with Crippen LogP contribution in [0.15, 0.2) is 48.5 Å². The predicted octanol–water partition coefficient (Wildman–Crippen LogP) is 2.96. The number of aryl methyl sites for hydroxylation is 1. The summed E-state index contributed by atoms with van der Waals surface area (Å²) in [6.45, 7) is 2.93. The second-order valence-corrected chi connectivity index (χ2v) is 6.69. The summed E-state index contributed by atoms with van der Waals surface area (Å²) in [5.74, 6) is -0.0495. The van der Waals surface area contributed by atoms with E-state index < -0.39 is 0 Å². The maximum atomic E-state index is 12.6. The zero-order valence-electron chi connectivity index (χ0n) is 15.5. The van der Waals surface area contributed by atoms with Crippen molar-refractivity contribution in [2.45, 2.75) is 32.9 Å². The van der Waals surface area contributed by atoms with Crippen LogP contribution in [0.3, 0.4) is 0 Å². The molecule has 1 N–H and O–H groups in total. The lowest BCUT2D eigenvalue weighted by Crippen LogP contribution is -2.28. The Hall–Kier alpha value is -3.48. The van der Waals surface area contributed by atoms with E-state index in [0.717, 1.165) is 16.6 Å². The van der Waals surface area contributed by atoms with Gasteiger partial charge in [-0.15, -0.1) is 0 Å². The summed E-state index contributed by atoms with van der Waals surface area (Å²) in [4.78, 5) is 41.9. The lowest BCUT2D eigenvalue weighted by molar-refractivity contribution is -0.139. The molecule has 0 unspecified atom stereocenters. The van der Waals surface area contributed by atoms with E-state index in [-0.39, 0.29) is 37.1 Å². The Morgan fingerprint density at radius 2 is 1.71 bits per heavy atom. The fourth-order valence-electron chi connectivity index (χ4n) is 3.41. The smallest absolute Gasteiger partial charge is 0.257 e. The summed E-state index contributed by atoms with van der Waals surface area (Å²) in [7, 11) is 0. The Labute approximate surface area is 162 Å². The molecule has 7 heteroatoms. The van der Waals surface area contributed by atoms with Gasteiger partial charge in [0, 0.05) is 24.9 Å². The molecular weight excluding hydrogens is 356 g/mol. The van der Waals surface area contributed by atoms with Gasteiger partial charge in [0.1, 0.15) is 0 Å². The Morgan fingerprint density at radius 3 is 2.39 bits per heavy atom. The molecule has 142 valence electrons. The van der Waals surface area contributed by atoms with Crippen molar-refractivity contribution in [3.05, 3.63) is 59.7 Å². The number of amides is 3. The second kappa shape index (κ2) is 7.26. The molecule has 2 aromatic carbocycles. The first kappa shape index (κ1) is 17.9. The number of imidazole rings is 1. The Bertz CT molecular complexity index is 1050. The number of likely N-dealkylation sites (tertiary alicyclic amines) is 1. The highest BCUT2D eigenvalue weighted by Gasteiger charge is 2.28. The third kappa shape index (κ3) is 3.26. The maximum Gasteiger partial charge on any atom is 0.257 e. The first-order valence-corrected chi connectivity index (χ1v) is 9.25. The van der Waals surface area contributed by atoms with E-state index in [1.807, 2.05) is 35.8 Å². The number of imide groups is 1. The van der Waals surface area contributed by atoms with Gasteiger partial charge < -0.3 is 4.57 Å². The SMILES string of the molecule is CCn1c(NC(=O)c2ccc(CN3C(=O)CCC3=O)cc2)nc2ccccc21. The molecule has 1 fully saturated rings. The number of carbonyl (C=O) groups is 3. The van der Waals surface area contributed by atoms with E-state index in [2.05, 4.69) is 10.3 Å². The third-order valence-electron chi connectivity index (χ3n) is 4.91. The summed E-state index contributed by atoms with van der Waals surface area (Å²) in [5.41, 5.74) is 3.09. The number of nitrogens with one attached hydrogen (secondary N) is 1. The van der Waals surface area contributed by atoms with Gasteiger partial charge >= 0.3 is 0 Å². The molecule has 0 atom stereocenters. The van der Waals surface area contributed by atoms with Crippen molar-refractivity contribution in [3.8, 4) is 0 Å². The molecule has 7 nitrogen and oxygen atoms in total. The largest absolute Gasteiger partial charge is 0.310 e. The van der Waals surface area contributed by atoms with Crippen LogP contribution in [0.2, 0.25) is 0 Å². The number of anilines is 1. The van der Waals surface area contributed by atoms with Crippen LogP contribution in [-0.4, -0.2) is 32.2 Å². The zero-order valence-corrected chi connectivity index (χ0v) is 15.5. The van der Waals surface area contributed by atoms with Gasteiger partial charge in [-0.2, -0.15) is 0 Å². The number of hydrogen-bond donors (Lipinski definition) is 1. The average molecular weight is 376 g/mol. The third-order valence-corrected chi connectivity index (χ3v) is 4.91. The van der Waals surface area contributed by atoms with E-state index >= 15 is 0 Å². The van der Waals surface area contributed by atoms with Gasteiger partial charge in [-0.05, 0) is 36.8 Å². The molecular formula is C21H20N4O3. The standard InChI is InChI=1S/C21H20N4O3/c1-2-24-17-6-4-3-5-16(17)22-21(24)23-20(28)15-9-7-14(8-10-15)13-25-18(26)11-12-19(25)27/h3-10H,2,11-13H2,1H3,(H,22,23,28). The summed E-state index contributed by atoms with van der Waals surface area (Å²) < 4.78 is 1.95. The van der Waals surface area contributed by atoms with Crippen molar-refractivity contribution >= 4 is 34.7 Å². The predicted molar refractivity (Wildman–Crippen MR) is 105 cm³/mol. The minimum Gasteiger partial charge on any atom is -0.310 e. The van der Waals surface area contributed by atoms with Crippen molar-refractivity contribution in [2.24, 2.45) is 0 Å². The van der Waals surface area contributed by atoms with E-state index in [4.69, 9.17) is 0 Å². The fraction of sp³-hybridized carbons (Fsp3) is 0.238. The summed E-state index contributed by atoms with van der Waals surface area (Å²) >= 11 is 0. The van der Waals surface area contributed by atoms with Gasteiger partial charge in [0.25, 0.3) is 5.91 Å². The molecule has 28 heavy (non-hydrogen) atoms. The fourth-order valence-corrected chi connectivity index (χ4v) is 3.41. The topological polar surface area (TPSA) is 84.3 Å². The van der Waals surface area contributed by atoms with Gasteiger partial charge in [-0.25, -0.2) is 4.98 Å². The highest BCUT2D eigenvalue weighted by Crippen LogP contribution is 2.20. The van der Waals surface area contributed by atoms with Crippen LogP contribution in [0, 0.1) is 0 Å². The molecule has 1 aliphatic rings. The van der Waals surface area contributed by atoms with Crippen molar-refractivity contribution in [1.29, 1.82) is 0 Å². The first-order valence-electron chi connectivity index (χ1n) is 9.25. The highest BCUT2D eigenvalue weighted by atomic mass is 16.2. The number of fused-ring (bicyclic) bond motifs is 1. The number of rotatable bonds is 5. The number of aromatic nitrogens is 2. The number of carbonyl (C=O) groups excluding carboxylic acids is 3. The van der Waals surface area contributed by atoms with Crippen molar-refractivity contribution in [2.75, 3.05) is 5.32 Å². The van der Waals surface area contributed by atoms with Gasteiger partial charge in [0.2, 0.25) is 17.8 Å². The molecule has 0 saturated carbocycles. The quantitative estimate of drug-likeness (QED) is 0.694. The average Bonchev–Trinajstić information content (AvgIpc) is 3.22. The number of benzene rings is 2. The van der Waals surface area contributed by atoms with Gasteiger partial charge in [-0.3, -0.25) is 24.6 Å². The molecule has 1 aromatic heterocycles. The minimum atomic E-state index is -0.259. The van der Waals surface area contributed by atoms with E-state index in [9.17, 15) is 14.4 Å². The molecule has 0 aliphatic carbocycles. The summed E-state index contributed by atoms with van der Waals surface area (Å²) in [6, 6.07) is 14.6. The van der Waals surface area contributed by atoms with Gasteiger partial charge in [0.15, 0.2) is 0 Å². The van der Waals surface area contributed by atoms with Crippen LogP contribution in [0.4, 0.5) is 5.95 Å². The lowest BCUT2D eigenvalue weighted by Gasteiger charge is -2.14. The highest BCUT2D eigenvalue weighted by molar-refractivity contribution is 6.04. The molecule has 2 heterocycles. The van der Waals surface area contributed by atoms with Crippen LogP contribution >= 0.6 is 0 Å². The Balaban J connectivity index is 1.50. The second-order valence-electron chi connectivity index (χ2n) is 6.69. The Morgan fingerprint density at radius 1 is 1.04 bits per heavy atom. The van der Waals surface area contributed by atoms with Gasteiger partial charge in [0.05, 0.1) is 17.6 Å². The lowest BCUT2D eigenvalue weighted by atomic mass is 10.1. The van der Waals surface area contributed by atoms with Crippen LogP contribution in [0.5, 0.6) is 0 Å². The number of nitrogens with zero attached hydrogens (tertiary/aromatic N) is 3. The number of para-hydroxylation sites is 2. The van der Waals surface area contributed by atoms with Crippen LogP contribution in [-0.2, 0) is 22.7 Å². The molecule has 3 aromatic rings. The number of hydrogen-bond acceptors (Lipinski definition) is 4. The normalized spacial score (nSPS) is 14.1. The zero-order chi connectivity index (χ0) is 19.7. The monoisotopic (exact) mass is 376 g/mol. The molecule has 0 bridgehead atoms. The summed E-state index contributed by atoms with van der Waals surface area (Å²) in [6.07, 6.45) is 0.551. The first-order chi connectivity index (χ1) is 13.6. The summed E-state index contributed by atoms with van der Waals surface area (Å²) in [5, 5.41) is 2.87. The van der Waals surface area contributed by atoms with Crippen LogP contribution < -0.4 is 5.32 Å². The van der Waals surface area contributed by atoms with Crippen molar-refractivity contribution < 1.29 is 14.4 Å². The van der Waals surface area contributed by atoms with Crippen LogP contribution in [0.25, 0.3) is 11.0 Å². The molecule has 1 aliphatic heterocycles. The van der Waals surface area contributed by atoms with E-state index in [0.29, 0.717) is 18.1 Å².